The van der Waals surface area contributed by atoms with E-state index in [4.69, 9.17) is 0 Å². The van der Waals surface area contributed by atoms with E-state index < -0.39 is 0 Å². The molecule has 0 radical (unpaired) electrons. The second-order valence-electron chi connectivity index (χ2n) is 7.50. The third kappa shape index (κ3) is 8.13. The van der Waals surface area contributed by atoms with Gasteiger partial charge in [0, 0.05) is 17.8 Å². The van der Waals surface area contributed by atoms with E-state index in [0.29, 0.717) is 0 Å². The van der Waals surface area contributed by atoms with E-state index in [9.17, 15) is 0 Å². The fourth-order valence-corrected chi connectivity index (χ4v) is 3.52. The highest BCUT2D eigenvalue weighted by atomic mass is 15.4. The van der Waals surface area contributed by atoms with Gasteiger partial charge in [0.25, 0.3) is 0 Å². The summed E-state index contributed by atoms with van der Waals surface area (Å²) < 4.78 is 1.35. The molecule has 0 saturated carbocycles. The van der Waals surface area contributed by atoms with E-state index in [2.05, 4.69) is 48.5 Å². The Kier molecular flexibility index (Phi) is 8.94. The standard InChI is InChI=1S/C17H38N/c1-8-9-10-11-18(12-15(2)3,13-16(4)5)14-17(6)7/h15-17H,8-14H2,1-7H3/q+1. The predicted octanol–water partition coefficient (Wildman–Crippen LogP) is 4.96. The second-order valence-corrected chi connectivity index (χ2v) is 7.50. The minimum absolute atomic E-state index is 0.809. The first-order valence-corrected chi connectivity index (χ1v) is 8.16. The van der Waals surface area contributed by atoms with Gasteiger partial charge < -0.3 is 4.48 Å². The second kappa shape index (κ2) is 8.96. The Morgan fingerprint density at radius 3 is 1.33 bits per heavy atom. The van der Waals surface area contributed by atoms with Gasteiger partial charge in [-0.2, -0.15) is 0 Å². The van der Waals surface area contributed by atoms with Gasteiger partial charge in [-0.05, 0) is 12.8 Å². The molecule has 0 aromatic heterocycles. The van der Waals surface area contributed by atoms with Crippen LogP contribution in [0.2, 0.25) is 0 Å². The highest BCUT2D eigenvalue weighted by Crippen LogP contribution is 2.20. The van der Waals surface area contributed by atoms with Crippen LogP contribution in [0.4, 0.5) is 0 Å². The SMILES string of the molecule is CCCCC[N+](CC(C)C)(CC(C)C)CC(C)C. The van der Waals surface area contributed by atoms with Crippen LogP contribution in [0.5, 0.6) is 0 Å². The Hall–Kier alpha value is -0.0400. The third-order valence-electron chi connectivity index (χ3n) is 3.49. The molecule has 0 aliphatic heterocycles. The van der Waals surface area contributed by atoms with E-state index >= 15 is 0 Å². The maximum atomic E-state index is 2.38. The van der Waals surface area contributed by atoms with Crippen molar-refractivity contribution in [2.24, 2.45) is 17.8 Å². The first-order valence-electron chi connectivity index (χ1n) is 8.16. The lowest BCUT2D eigenvalue weighted by atomic mass is 10.0. The number of unbranched alkanes of at least 4 members (excludes halogenated alkanes) is 2. The summed E-state index contributed by atoms with van der Waals surface area (Å²) in [5.74, 6) is 2.43. The Morgan fingerprint density at radius 2 is 1.06 bits per heavy atom. The lowest BCUT2D eigenvalue weighted by Crippen LogP contribution is -2.54. The van der Waals surface area contributed by atoms with Crippen molar-refractivity contribution in [1.82, 2.24) is 0 Å². The highest BCUT2D eigenvalue weighted by molar-refractivity contribution is 4.56. The molecular weight excluding hydrogens is 218 g/mol. The molecule has 0 unspecified atom stereocenters. The number of hydrogen-bond acceptors (Lipinski definition) is 0. The van der Waals surface area contributed by atoms with Crippen LogP contribution >= 0.6 is 0 Å². The summed E-state index contributed by atoms with van der Waals surface area (Å²) in [6, 6.07) is 0. The van der Waals surface area contributed by atoms with Crippen LogP contribution in [0.25, 0.3) is 0 Å². The summed E-state index contributed by atoms with van der Waals surface area (Å²) in [6.45, 7) is 22.1. The average Bonchev–Trinajstić information content (AvgIpc) is 2.13. The first kappa shape index (κ1) is 18.0. The van der Waals surface area contributed by atoms with Crippen LogP contribution in [-0.2, 0) is 0 Å². The molecule has 0 heterocycles. The van der Waals surface area contributed by atoms with Crippen molar-refractivity contribution < 1.29 is 4.48 Å². The molecule has 0 aromatic rings. The molecule has 0 atom stereocenters. The van der Waals surface area contributed by atoms with Crippen LogP contribution in [0.15, 0.2) is 0 Å². The Bertz CT molecular complexity index is 167. The summed E-state index contributed by atoms with van der Waals surface area (Å²) in [5, 5.41) is 0. The lowest BCUT2D eigenvalue weighted by molar-refractivity contribution is -0.936. The van der Waals surface area contributed by atoms with Gasteiger partial charge in [0.1, 0.15) is 0 Å². The van der Waals surface area contributed by atoms with E-state index in [1.807, 2.05) is 0 Å². The minimum atomic E-state index is 0.809. The number of nitrogens with zero attached hydrogens (tertiary/aromatic N) is 1. The average molecular weight is 256 g/mol. The predicted molar refractivity (Wildman–Crippen MR) is 83.8 cm³/mol. The summed E-state index contributed by atoms with van der Waals surface area (Å²) in [7, 11) is 0. The first-order chi connectivity index (χ1) is 8.31. The molecule has 0 aromatic carbocycles. The summed E-state index contributed by atoms with van der Waals surface area (Å²) in [5.41, 5.74) is 0. The molecule has 1 nitrogen and oxygen atoms in total. The Labute approximate surface area is 117 Å². The zero-order chi connectivity index (χ0) is 14.2. The van der Waals surface area contributed by atoms with Crippen molar-refractivity contribution in [3.05, 3.63) is 0 Å². The van der Waals surface area contributed by atoms with Gasteiger partial charge in [0.2, 0.25) is 0 Å². The molecule has 0 fully saturated rings. The van der Waals surface area contributed by atoms with Gasteiger partial charge >= 0.3 is 0 Å². The van der Waals surface area contributed by atoms with Crippen LogP contribution in [-0.4, -0.2) is 30.7 Å². The highest BCUT2D eigenvalue weighted by Gasteiger charge is 2.29. The van der Waals surface area contributed by atoms with E-state index in [1.54, 1.807) is 0 Å². The molecule has 1 heteroatoms. The number of hydrogen-bond donors (Lipinski definition) is 0. The summed E-state index contributed by atoms with van der Waals surface area (Å²) in [4.78, 5) is 0. The van der Waals surface area contributed by atoms with Crippen LogP contribution in [0.1, 0.15) is 67.7 Å². The largest absolute Gasteiger partial charge is 0.323 e. The maximum absolute atomic E-state index is 2.38. The third-order valence-corrected chi connectivity index (χ3v) is 3.49. The molecule has 0 amide bonds. The molecule has 0 aliphatic carbocycles. The van der Waals surface area contributed by atoms with Crippen LogP contribution in [0, 0.1) is 17.8 Å². The Morgan fingerprint density at radius 1 is 0.667 bits per heavy atom. The molecule has 0 rings (SSSR count). The van der Waals surface area contributed by atoms with Crippen LogP contribution in [0.3, 0.4) is 0 Å². The maximum Gasteiger partial charge on any atom is 0.0810 e. The van der Waals surface area contributed by atoms with Gasteiger partial charge in [-0.1, -0.05) is 54.9 Å². The number of rotatable bonds is 10. The smallest absolute Gasteiger partial charge is 0.0810 e. The Balaban J connectivity index is 4.74. The van der Waals surface area contributed by atoms with Crippen molar-refractivity contribution in [1.29, 1.82) is 0 Å². The van der Waals surface area contributed by atoms with Crippen molar-refractivity contribution >= 4 is 0 Å². The zero-order valence-corrected chi connectivity index (χ0v) is 14.1. The fourth-order valence-electron chi connectivity index (χ4n) is 3.52. The van der Waals surface area contributed by atoms with Gasteiger partial charge in [0.05, 0.1) is 26.2 Å². The zero-order valence-electron chi connectivity index (χ0n) is 14.1. The van der Waals surface area contributed by atoms with Crippen molar-refractivity contribution in [2.75, 3.05) is 26.2 Å². The number of quaternary nitrogens is 1. The van der Waals surface area contributed by atoms with E-state index in [0.717, 1.165) is 17.8 Å². The summed E-state index contributed by atoms with van der Waals surface area (Å²) >= 11 is 0. The normalized spacial score (nSPS) is 13.0. The van der Waals surface area contributed by atoms with E-state index in [1.165, 1.54) is 49.9 Å². The van der Waals surface area contributed by atoms with Gasteiger partial charge in [0.15, 0.2) is 0 Å². The van der Waals surface area contributed by atoms with Crippen LogP contribution < -0.4 is 0 Å². The monoisotopic (exact) mass is 256 g/mol. The van der Waals surface area contributed by atoms with E-state index in [-0.39, 0.29) is 0 Å². The topological polar surface area (TPSA) is 0 Å². The molecule has 0 aliphatic rings. The molecular formula is C17H38N+. The molecule has 110 valence electrons. The van der Waals surface area contributed by atoms with Crippen molar-refractivity contribution in [3.63, 3.8) is 0 Å². The fraction of sp³-hybridized carbons (Fsp3) is 1.00. The van der Waals surface area contributed by atoms with Crippen molar-refractivity contribution in [2.45, 2.75) is 67.7 Å². The van der Waals surface area contributed by atoms with Gasteiger partial charge in [-0.3, -0.25) is 0 Å². The molecule has 0 spiro atoms. The molecule has 0 saturated heterocycles. The lowest BCUT2D eigenvalue weighted by Gasteiger charge is -2.43. The molecule has 18 heavy (non-hydrogen) atoms. The summed E-state index contributed by atoms with van der Waals surface area (Å²) in [6.07, 6.45) is 4.14. The van der Waals surface area contributed by atoms with Crippen molar-refractivity contribution in [3.8, 4) is 0 Å². The quantitative estimate of drug-likeness (QED) is 0.383. The minimum Gasteiger partial charge on any atom is -0.323 e. The van der Waals surface area contributed by atoms with Gasteiger partial charge in [-0.25, -0.2) is 0 Å². The molecule has 0 bridgehead atoms. The van der Waals surface area contributed by atoms with Gasteiger partial charge in [-0.15, -0.1) is 0 Å². The molecule has 0 N–H and O–H groups in total.